The molecule has 0 radical (unpaired) electrons. The van der Waals surface area contributed by atoms with E-state index >= 15 is 0 Å². The molecule has 0 bridgehead atoms. The largest absolute Gasteiger partial charge is 0.496 e. The third-order valence-electron chi connectivity index (χ3n) is 3.93. The first-order valence-electron chi connectivity index (χ1n) is 7.51. The van der Waals surface area contributed by atoms with Crippen LogP contribution in [0.3, 0.4) is 0 Å². The second-order valence-corrected chi connectivity index (χ2v) is 5.68. The van der Waals surface area contributed by atoms with Crippen molar-refractivity contribution < 1.29 is 9.53 Å². The van der Waals surface area contributed by atoms with Crippen molar-refractivity contribution in [1.82, 2.24) is 10.2 Å². The van der Waals surface area contributed by atoms with Crippen molar-refractivity contribution in [3.63, 3.8) is 0 Å². The van der Waals surface area contributed by atoms with Gasteiger partial charge in [0.1, 0.15) is 5.75 Å². The number of nitrogens with one attached hydrogen (secondary N) is 1. The van der Waals surface area contributed by atoms with Gasteiger partial charge in [-0.3, -0.25) is 4.79 Å². The molecule has 2 rings (SSSR count). The molecule has 1 amide bonds. The number of ether oxygens (including phenoxy) is 1. The Balaban J connectivity index is 2.24. The SMILES string of the molecule is CNC(=O)C(C)CN(C)Cc1c(OC)ccc2ccccc12. The zero-order valence-corrected chi connectivity index (χ0v) is 13.7. The van der Waals surface area contributed by atoms with Crippen molar-refractivity contribution in [2.45, 2.75) is 13.5 Å². The van der Waals surface area contributed by atoms with Crippen LogP contribution in [0.25, 0.3) is 10.8 Å². The lowest BCUT2D eigenvalue weighted by Crippen LogP contribution is -2.34. The molecule has 0 saturated heterocycles. The highest BCUT2D eigenvalue weighted by atomic mass is 16.5. The van der Waals surface area contributed by atoms with Gasteiger partial charge < -0.3 is 15.0 Å². The fraction of sp³-hybridized carbons (Fsp3) is 0.389. The minimum atomic E-state index is -0.0454. The van der Waals surface area contributed by atoms with E-state index < -0.39 is 0 Å². The Morgan fingerprint density at radius 1 is 1.27 bits per heavy atom. The van der Waals surface area contributed by atoms with E-state index in [1.165, 1.54) is 10.8 Å². The van der Waals surface area contributed by atoms with Gasteiger partial charge in [-0.15, -0.1) is 0 Å². The van der Waals surface area contributed by atoms with Crippen molar-refractivity contribution in [1.29, 1.82) is 0 Å². The molecule has 2 aromatic rings. The van der Waals surface area contributed by atoms with Gasteiger partial charge in [0.2, 0.25) is 5.91 Å². The van der Waals surface area contributed by atoms with E-state index in [0.717, 1.165) is 17.9 Å². The molecular weight excluding hydrogens is 276 g/mol. The number of benzene rings is 2. The van der Waals surface area contributed by atoms with Crippen LogP contribution in [0.5, 0.6) is 5.75 Å². The molecule has 0 aliphatic rings. The molecule has 0 fully saturated rings. The number of nitrogens with zero attached hydrogens (tertiary/aromatic N) is 1. The van der Waals surface area contributed by atoms with Crippen molar-refractivity contribution in [3.05, 3.63) is 42.0 Å². The minimum Gasteiger partial charge on any atom is -0.496 e. The molecule has 1 unspecified atom stereocenters. The van der Waals surface area contributed by atoms with Gasteiger partial charge in [-0.2, -0.15) is 0 Å². The van der Waals surface area contributed by atoms with Crippen LogP contribution in [0.1, 0.15) is 12.5 Å². The quantitative estimate of drug-likeness (QED) is 0.892. The number of carbonyl (C=O) groups excluding carboxylic acids is 1. The summed E-state index contributed by atoms with van der Waals surface area (Å²) in [6.45, 7) is 3.38. The molecule has 1 atom stereocenters. The van der Waals surface area contributed by atoms with Crippen molar-refractivity contribution >= 4 is 16.7 Å². The molecule has 0 aliphatic heterocycles. The number of carbonyl (C=O) groups is 1. The average Bonchev–Trinajstić information content (AvgIpc) is 2.54. The molecule has 2 aromatic carbocycles. The molecule has 0 saturated carbocycles. The van der Waals surface area contributed by atoms with Gasteiger partial charge in [-0.1, -0.05) is 37.3 Å². The third-order valence-corrected chi connectivity index (χ3v) is 3.93. The summed E-state index contributed by atoms with van der Waals surface area (Å²) in [6, 6.07) is 12.4. The monoisotopic (exact) mass is 300 g/mol. The van der Waals surface area contributed by atoms with E-state index in [4.69, 9.17) is 4.74 Å². The van der Waals surface area contributed by atoms with E-state index in [2.05, 4.69) is 28.4 Å². The van der Waals surface area contributed by atoms with Crippen molar-refractivity contribution in [3.8, 4) is 5.75 Å². The normalized spacial score (nSPS) is 12.4. The Labute approximate surface area is 132 Å². The molecule has 0 aromatic heterocycles. The Bertz CT molecular complexity index is 655. The fourth-order valence-electron chi connectivity index (χ4n) is 2.80. The zero-order valence-electron chi connectivity index (χ0n) is 13.7. The molecule has 0 spiro atoms. The summed E-state index contributed by atoms with van der Waals surface area (Å²) in [4.78, 5) is 13.8. The third kappa shape index (κ3) is 3.57. The first-order valence-corrected chi connectivity index (χ1v) is 7.51. The maximum absolute atomic E-state index is 11.7. The predicted molar refractivity (Wildman–Crippen MR) is 90.1 cm³/mol. The van der Waals surface area contributed by atoms with Crippen LogP contribution in [-0.4, -0.2) is 38.6 Å². The first kappa shape index (κ1) is 16.3. The van der Waals surface area contributed by atoms with E-state index in [-0.39, 0.29) is 11.8 Å². The Morgan fingerprint density at radius 2 is 2.00 bits per heavy atom. The average molecular weight is 300 g/mol. The molecule has 0 heterocycles. The summed E-state index contributed by atoms with van der Waals surface area (Å²) in [7, 11) is 5.40. The van der Waals surface area contributed by atoms with E-state index in [9.17, 15) is 4.79 Å². The Morgan fingerprint density at radius 3 is 2.68 bits per heavy atom. The number of amides is 1. The molecular formula is C18H24N2O2. The molecule has 4 nitrogen and oxygen atoms in total. The van der Waals surface area contributed by atoms with Gasteiger partial charge in [0, 0.05) is 31.6 Å². The summed E-state index contributed by atoms with van der Waals surface area (Å²) < 4.78 is 5.52. The summed E-state index contributed by atoms with van der Waals surface area (Å²) in [5.74, 6) is 0.908. The second-order valence-electron chi connectivity index (χ2n) is 5.68. The maximum atomic E-state index is 11.7. The summed E-state index contributed by atoms with van der Waals surface area (Å²) in [5, 5.41) is 5.09. The summed E-state index contributed by atoms with van der Waals surface area (Å²) in [5.41, 5.74) is 1.16. The van der Waals surface area contributed by atoms with E-state index in [0.29, 0.717) is 6.54 Å². The van der Waals surface area contributed by atoms with Crippen LogP contribution in [0.15, 0.2) is 36.4 Å². The number of hydrogen-bond acceptors (Lipinski definition) is 3. The lowest BCUT2D eigenvalue weighted by Gasteiger charge is -2.22. The van der Waals surface area contributed by atoms with Crippen molar-refractivity contribution in [2.24, 2.45) is 5.92 Å². The molecule has 0 aliphatic carbocycles. The summed E-state index contributed by atoms with van der Waals surface area (Å²) >= 11 is 0. The number of rotatable bonds is 6. The molecule has 118 valence electrons. The number of hydrogen-bond donors (Lipinski definition) is 1. The fourth-order valence-corrected chi connectivity index (χ4v) is 2.80. The van der Waals surface area contributed by atoms with Gasteiger partial charge in [-0.05, 0) is 23.9 Å². The minimum absolute atomic E-state index is 0.0454. The standard InChI is InChI=1S/C18H24N2O2/c1-13(18(21)19-2)11-20(3)12-16-15-8-6-5-7-14(15)9-10-17(16)22-4/h5-10,13H,11-12H2,1-4H3,(H,19,21). The van der Waals surface area contributed by atoms with Crippen LogP contribution in [0.4, 0.5) is 0 Å². The topological polar surface area (TPSA) is 41.6 Å². The lowest BCUT2D eigenvalue weighted by atomic mass is 10.0. The van der Waals surface area contributed by atoms with Gasteiger partial charge in [0.25, 0.3) is 0 Å². The lowest BCUT2D eigenvalue weighted by molar-refractivity contribution is -0.124. The summed E-state index contributed by atoms with van der Waals surface area (Å²) in [6.07, 6.45) is 0. The van der Waals surface area contributed by atoms with Crippen molar-refractivity contribution in [2.75, 3.05) is 27.7 Å². The maximum Gasteiger partial charge on any atom is 0.223 e. The molecule has 4 heteroatoms. The van der Waals surface area contributed by atoms with Crippen LogP contribution in [0, 0.1) is 5.92 Å². The van der Waals surface area contributed by atoms with E-state index in [1.54, 1.807) is 14.2 Å². The zero-order chi connectivity index (χ0) is 16.1. The second kappa shape index (κ2) is 7.27. The highest BCUT2D eigenvalue weighted by Gasteiger charge is 2.16. The predicted octanol–water partition coefficient (Wildman–Crippen LogP) is 2.66. The number of methoxy groups -OCH3 is 1. The van der Waals surface area contributed by atoms with Gasteiger partial charge in [0.15, 0.2) is 0 Å². The number of fused-ring (bicyclic) bond motifs is 1. The van der Waals surface area contributed by atoms with Crippen LogP contribution in [0.2, 0.25) is 0 Å². The highest BCUT2D eigenvalue weighted by Crippen LogP contribution is 2.29. The van der Waals surface area contributed by atoms with Gasteiger partial charge in [0.05, 0.1) is 7.11 Å². The van der Waals surface area contributed by atoms with Crippen LogP contribution >= 0.6 is 0 Å². The van der Waals surface area contributed by atoms with E-state index in [1.807, 2.05) is 32.2 Å². The first-order chi connectivity index (χ1) is 10.6. The highest BCUT2D eigenvalue weighted by molar-refractivity contribution is 5.87. The van der Waals surface area contributed by atoms with Crippen LogP contribution < -0.4 is 10.1 Å². The van der Waals surface area contributed by atoms with Crippen LogP contribution in [-0.2, 0) is 11.3 Å². The Kier molecular flexibility index (Phi) is 5.39. The molecule has 1 N–H and O–H groups in total. The van der Waals surface area contributed by atoms with Gasteiger partial charge in [-0.25, -0.2) is 0 Å². The smallest absolute Gasteiger partial charge is 0.223 e. The van der Waals surface area contributed by atoms with Gasteiger partial charge >= 0.3 is 0 Å². The molecule has 22 heavy (non-hydrogen) atoms. The Hall–Kier alpha value is -2.07.